The summed E-state index contributed by atoms with van der Waals surface area (Å²) in [5.41, 5.74) is 1.20. The highest BCUT2D eigenvalue weighted by Crippen LogP contribution is 2.20. The van der Waals surface area contributed by atoms with E-state index in [1.807, 2.05) is 0 Å². The molecule has 6 heteroatoms. The van der Waals surface area contributed by atoms with Crippen molar-refractivity contribution >= 4 is 5.97 Å². The molecule has 0 aliphatic carbocycles. The first-order valence-electron chi connectivity index (χ1n) is 4.56. The fourth-order valence-corrected chi connectivity index (χ4v) is 1.22. The molecule has 0 spiro atoms. The normalized spacial score (nSPS) is 10.1. The number of aromatic nitrogens is 3. The van der Waals surface area contributed by atoms with Crippen molar-refractivity contribution in [3.63, 3.8) is 0 Å². The first-order valence-corrected chi connectivity index (χ1v) is 4.56. The zero-order chi connectivity index (χ0) is 11.5. The summed E-state index contributed by atoms with van der Waals surface area (Å²) in [5, 5.41) is 16.7. The Morgan fingerprint density at radius 2 is 2.31 bits per heavy atom. The van der Waals surface area contributed by atoms with Crippen LogP contribution in [0.4, 0.5) is 0 Å². The van der Waals surface area contributed by atoms with E-state index in [-0.39, 0.29) is 5.75 Å². The van der Waals surface area contributed by atoms with Gasteiger partial charge in [-0.2, -0.15) is 0 Å². The standard InChI is InChI=1S/C10H9N3O3/c1-7(14)16-13-6-10(11-12-13)8-3-2-4-9(15)5-8/h2-6,15H,1H3. The van der Waals surface area contributed by atoms with Gasteiger partial charge in [0.25, 0.3) is 0 Å². The summed E-state index contributed by atoms with van der Waals surface area (Å²) >= 11 is 0. The summed E-state index contributed by atoms with van der Waals surface area (Å²) in [4.78, 5) is 16.3. The molecular formula is C10H9N3O3. The summed E-state index contributed by atoms with van der Waals surface area (Å²) < 4.78 is 0. The van der Waals surface area contributed by atoms with Crippen molar-refractivity contribution in [2.45, 2.75) is 6.92 Å². The van der Waals surface area contributed by atoms with Crippen LogP contribution in [0, 0.1) is 0 Å². The Hall–Kier alpha value is -2.37. The van der Waals surface area contributed by atoms with Gasteiger partial charge in [0, 0.05) is 12.5 Å². The van der Waals surface area contributed by atoms with E-state index in [0.29, 0.717) is 11.3 Å². The molecule has 0 aliphatic heterocycles. The number of hydrogen-bond acceptors (Lipinski definition) is 5. The van der Waals surface area contributed by atoms with Crippen LogP contribution in [0.1, 0.15) is 6.92 Å². The second kappa shape index (κ2) is 4.01. The number of nitrogens with zero attached hydrogens (tertiary/aromatic N) is 3. The fourth-order valence-electron chi connectivity index (χ4n) is 1.22. The lowest BCUT2D eigenvalue weighted by Gasteiger charge is -1.96. The number of hydrogen-bond donors (Lipinski definition) is 1. The lowest BCUT2D eigenvalue weighted by Crippen LogP contribution is -2.16. The van der Waals surface area contributed by atoms with Crippen LogP contribution in [0.15, 0.2) is 30.5 Å². The number of phenols is 1. The van der Waals surface area contributed by atoms with E-state index < -0.39 is 5.97 Å². The van der Waals surface area contributed by atoms with Crippen molar-refractivity contribution in [3.05, 3.63) is 30.5 Å². The van der Waals surface area contributed by atoms with Gasteiger partial charge in [-0.1, -0.05) is 17.0 Å². The van der Waals surface area contributed by atoms with Crippen LogP contribution in [0.3, 0.4) is 0 Å². The highest BCUT2D eigenvalue weighted by atomic mass is 16.7. The first kappa shape index (κ1) is 10.2. The second-order valence-electron chi connectivity index (χ2n) is 3.14. The van der Waals surface area contributed by atoms with Crippen molar-refractivity contribution in [2.75, 3.05) is 0 Å². The van der Waals surface area contributed by atoms with Crippen LogP contribution in [0.25, 0.3) is 11.3 Å². The van der Waals surface area contributed by atoms with Gasteiger partial charge in [-0.05, 0) is 17.3 Å². The minimum absolute atomic E-state index is 0.138. The van der Waals surface area contributed by atoms with Crippen LogP contribution >= 0.6 is 0 Å². The maximum Gasteiger partial charge on any atom is 0.331 e. The molecule has 1 N–H and O–H groups in total. The Labute approximate surface area is 91.0 Å². The Bertz CT molecular complexity index is 522. The molecule has 1 heterocycles. The van der Waals surface area contributed by atoms with Gasteiger partial charge in [-0.25, -0.2) is 4.79 Å². The molecule has 0 amide bonds. The Balaban J connectivity index is 2.28. The third kappa shape index (κ3) is 2.17. The van der Waals surface area contributed by atoms with E-state index in [4.69, 9.17) is 0 Å². The summed E-state index contributed by atoms with van der Waals surface area (Å²) in [6.45, 7) is 1.27. The van der Waals surface area contributed by atoms with Crippen LogP contribution < -0.4 is 4.84 Å². The molecule has 0 saturated carbocycles. The topological polar surface area (TPSA) is 77.2 Å². The zero-order valence-corrected chi connectivity index (χ0v) is 8.49. The number of benzene rings is 1. The van der Waals surface area contributed by atoms with Gasteiger partial charge in [0.1, 0.15) is 11.4 Å². The smallest absolute Gasteiger partial charge is 0.331 e. The second-order valence-corrected chi connectivity index (χ2v) is 3.14. The minimum atomic E-state index is -0.479. The van der Waals surface area contributed by atoms with E-state index in [0.717, 1.165) is 4.85 Å². The molecule has 82 valence electrons. The molecule has 2 rings (SSSR count). The average molecular weight is 219 g/mol. The number of carbonyl (C=O) groups excluding carboxylic acids is 1. The molecule has 0 radical (unpaired) electrons. The summed E-state index contributed by atoms with van der Waals surface area (Å²) in [5.74, 6) is -0.341. The molecule has 0 saturated heterocycles. The average Bonchev–Trinajstić information content (AvgIpc) is 2.65. The van der Waals surface area contributed by atoms with E-state index in [2.05, 4.69) is 15.1 Å². The third-order valence-corrected chi connectivity index (χ3v) is 1.84. The molecule has 0 fully saturated rings. The SMILES string of the molecule is CC(=O)On1cc(-c2cccc(O)c2)nn1. The molecule has 1 aromatic carbocycles. The molecule has 16 heavy (non-hydrogen) atoms. The highest BCUT2D eigenvalue weighted by Gasteiger charge is 2.06. The fraction of sp³-hybridized carbons (Fsp3) is 0.100. The Kier molecular flexibility index (Phi) is 2.55. The largest absolute Gasteiger partial charge is 0.508 e. The number of phenolic OH excluding ortho intramolecular Hbond substituents is 1. The molecule has 2 aromatic rings. The Morgan fingerprint density at radius 3 is 3.00 bits per heavy atom. The van der Waals surface area contributed by atoms with Gasteiger partial charge in [0.15, 0.2) is 0 Å². The molecule has 0 unspecified atom stereocenters. The summed E-state index contributed by atoms with van der Waals surface area (Å²) in [6, 6.07) is 6.56. The van der Waals surface area contributed by atoms with Crippen molar-refractivity contribution in [1.82, 2.24) is 15.2 Å². The Morgan fingerprint density at radius 1 is 1.50 bits per heavy atom. The highest BCUT2D eigenvalue weighted by molar-refractivity contribution is 5.66. The van der Waals surface area contributed by atoms with Crippen molar-refractivity contribution in [3.8, 4) is 17.0 Å². The predicted octanol–water partition coefficient (Wildman–Crippen LogP) is 0.626. The number of aromatic hydroxyl groups is 1. The summed E-state index contributed by atoms with van der Waals surface area (Å²) in [7, 11) is 0. The van der Waals surface area contributed by atoms with E-state index in [1.54, 1.807) is 24.3 Å². The van der Waals surface area contributed by atoms with Gasteiger partial charge in [0.05, 0.1) is 6.20 Å². The zero-order valence-electron chi connectivity index (χ0n) is 8.49. The van der Waals surface area contributed by atoms with Crippen LogP contribution in [-0.4, -0.2) is 26.2 Å². The van der Waals surface area contributed by atoms with Gasteiger partial charge < -0.3 is 9.94 Å². The van der Waals surface area contributed by atoms with Gasteiger partial charge in [-0.3, -0.25) is 0 Å². The number of carbonyl (C=O) groups is 1. The molecule has 6 nitrogen and oxygen atoms in total. The third-order valence-electron chi connectivity index (χ3n) is 1.84. The maximum atomic E-state index is 10.7. The van der Waals surface area contributed by atoms with E-state index in [9.17, 15) is 9.90 Å². The van der Waals surface area contributed by atoms with Crippen molar-refractivity contribution < 1.29 is 14.7 Å². The van der Waals surface area contributed by atoms with Crippen molar-refractivity contribution in [2.24, 2.45) is 0 Å². The molecule has 0 atom stereocenters. The van der Waals surface area contributed by atoms with E-state index >= 15 is 0 Å². The minimum Gasteiger partial charge on any atom is -0.508 e. The van der Waals surface area contributed by atoms with Crippen LogP contribution in [-0.2, 0) is 4.79 Å². The maximum absolute atomic E-state index is 10.7. The molecular weight excluding hydrogens is 210 g/mol. The first-order chi connectivity index (χ1) is 7.65. The van der Waals surface area contributed by atoms with Gasteiger partial charge in [-0.15, -0.1) is 5.10 Å². The number of rotatable bonds is 2. The van der Waals surface area contributed by atoms with Crippen LogP contribution in [0.5, 0.6) is 5.75 Å². The van der Waals surface area contributed by atoms with E-state index in [1.165, 1.54) is 13.1 Å². The van der Waals surface area contributed by atoms with Crippen molar-refractivity contribution in [1.29, 1.82) is 0 Å². The quantitative estimate of drug-likeness (QED) is 0.749. The predicted molar refractivity (Wildman–Crippen MR) is 54.4 cm³/mol. The lowest BCUT2D eigenvalue weighted by molar-refractivity contribution is -0.143. The molecule has 0 bridgehead atoms. The van der Waals surface area contributed by atoms with Crippen LogP contribution in [0.2, 0.25) is 0 Å². The van der Waals surface area contributed by atoms with Gasteiger partial charge >= 0.3 is 5.97 Å². The van der Waals surface area contributed by atoms with Gasteiger partial charge in [0.2, 0.25) is 0 Å². The lowest BCUT2D eigenvalue weighted by atomic mass is 10.2. The molecule has 0 aliphatic rings. The monoisotopic (exact) mass is 219 g/mol. The summed E-state index contributed by atoms with van der Waals surface area (Å²) in [6.07, 6.45) is 1.45. The molecule has 1 aromatic heterocycles.